The van der Waals surface area contributed by atoms with Crippen LogP contribution in [0.3, 0.4) is 0 Å². The van der Waals surface area contributed by atoms with Crippen molar-refractivity contribution in [1.29, 1.82) is 0 Å². The molecule has 0 aromatic rings. The van der Waals surface area contributed by atoms with E-state index in [1.165, 1.54) is 13.5 Å². The van der Waals surface area contributed by atoms with Crippen molar-refractivity contribution in [2.45, 2.75) is 83.7 Å². The average Bonchev–Trinajstić information content (AvgIpc) is 2.86. The largest absolute Gasteiger partial charge is 0.469 e. The first kappa shape index (κ1) is 18.5. The number of ether oxygens (including phenoxy) is 1. The van der Waals surface area contributed by atoms with Crippen molar-refractivity contribution in [2.24, 2.45) is 34.5 Å². The van der Waals surface area contributed by atoms with Gasteiger partial charge < -0.3 is 9.84 Å². The highest BCUT2D eigenvalue weighted by atomic mass is 16.5. The van der Waals surface area contributed by atoms with Gasteiger partial charge in [0.2, 0.25) is 0 Å². The molecule has 7 atom stereocenters. The first-order valence-electron chi connectivity index (χ1n) is 10.5. The molecule has 4 fully saturated rings. The number of methoxy groups -OCH3 is 1. The second kappa shape index (κ2) is 6.05. The molecule has 0 saturated heterocycles. The van der Waals surface area contributed by atoms with Crippen LogP contribution >= 0.6 is 0 Å². The number of hydrogen-bond acceptors (Lipinski definition) is 4. The van der Waals surface area contributed by atoms with Gasteiger partial charge in [-0.25, -0.2) is 0 Å². The molecule has 4 heteroatoms. The Morgan fingerprint density at radius 2 is 1.85 bits per heavy atom. The van der Waals surface area contributed by atoms with Crippen molar-refractivity contribution in [3.8, 4) is 0 Å². The Balaban J connectivity index is 1.60. The van der Waals surface area contributed by atoms with E-state index in [9.17, 15) is 14.7 Å². The summed E-state index contributed by atoms with van der Waals surface area (Å²) in [5.74, 6) is 2.52. The number of carbonyl (C=O) groups excluding carboxylic acids is 2. The Hall–Kier alpha value is -0.900. The SMILES string of the molecule is COC(=O)CC1(O)CC[C@H]2[C@@H]3CCC4CC(=O)CC[C@]4(C)[C@@H]3CC[C@@]21C. The summed E-state index contributed by atoms with van der Waals surface area (Å²) in [7, 11) is 1.41. The molecule has 0 spiro atoms. The number of fused-ring (bicyclic) bond motifs is 5. The fourth-order valence-corrected chi connectivity index (χ4v) is 7.76. The Morgan fingerprint density at radius 3 is 2.58 bits per heavy atom. The quantitative estimate of drug-likeness (QED) is 0.757. The summed E-state index contributed by atoms with van der Waals surface area (Å²) in [5, 5.41) is 11.4. The molecule has 0 amide bonds. The van der Waals surface area contributed by atoms with Gasteiger partial charge in [0, 0.05) is 12.8 Å². The van der Waals surface area contributed by atoms with E-state index in [4.69, 9.17) is 4.74 Å². The van der Waals surface area contributed by atoms with Crippen LogP contribution in [0.2, 0.25) is 0 Å². The summed E-state index contributed by atoms with van der Waals surface area (Å²) in [5.41, 5.74) is -0.812. The lowest BCUT2D eigenvalue weighted by Crippen LogP contribution is -2.57. The van der Waals surface area contributed by atoms with Gasteiger partial charge in [-0.1, -0.05) is 13.8 Å². The van der Waals surface area contributed by atoms with E-state index in [2.05, 4.69) is 13.8 Å². The van der Waals surface area contributed by atoms with Crippen molar-refractivity contribution in [2.75, 3.05) is 7.11 Å². The molecule has 4 rings (SSSR count). The molecule has 0 heterocycles. The van der Waals surface area contributed by atoms with Crippen LogP contribution < -0.4 is 0 Å². The molecular weight excluding hydrogens is 328 g/mol. The van der Waals surface area contributed by atoms with Gasteiger partial charge in [-0.3, -0.25) is 9.59 Å². The molecule has 146 valence electrons. The van der Waals surface area contributed by atoms with Crippen LogP contribution in [-0.2, 0) is 14.3 Å². The van der Waals surface area contributed by atoms with Gasteiger partial charge in [0.1, 0.15) is 5.78 Å². The molecule has 0 bridgehead atoms. The van der Waals surface area contributed by atoms with Gasteiger partial charge in [-0.2, -0.15) is 0 Å². The van der Waals surface area contributed by atoms with Crippen LogP contribution in [0.4, 0.5) is 0 Å². The summed E-state index contributed by atoms with van der Waals surface area (Å²) in [6.45, 7) is 4.67. The number of ketones is 1. The maximum Gasteiger partial charge on any atom is 0.308 e. The number of Topliss-reactive ketones (excluding diaryl/α,β-unsaturated/α-hetero) is 1. The predicted octanol–water partition coefficient (Wildman–Crippen LogP) is 3.89. The van der Waals surface area contributed by atoms with E-state index in [1.54, 1.807) is 0 Å². The average molecular weight is 363 g/mol. The van der Waals surface area contributed by atoms with Crippen molar-refractivity contribution < 1.29 is 19.4 Å². The lowest BCUT2D eigenvalue weighted by atomic mass is 9.44. The summed E-state index contributed by atoms with van der Waals surface area (Å²) in [4.78, 5) is 23.9. The number of aliphatic hydroxyl groups is 1. The van der Waals surface area contributed by atoms with E-state index in [1.807, 2.05) is 0 Å². The lowest BCUT2D eigenvalue weighted by molar-refractivity contribution is -0.169. The summed E-state index contributed by atoms with van der Waals surface area (Å²) >= 11 is 0. The third-order valence-corrected chi connectivity index (χ3v) is 9.47. The Kier molecular flexibility index (Phi) is 4.30. The number of hydrogen-bond donors (Lipinski definition) is 1. The van der Waals surface area contributed by atoms with Crippen molar-refractivity contribution in [3.63, 3.8) is 0 Å². The van der Waals surface area contributed by atoms with E-state index >= 15 is 0 Å². The highest BCUT2D eigenvalue weighted by Crippen LogP contribution is 2.68. The first-order valence-corrected chi connectivity index (χ1v) is 10.5. The number of carbonyl (C=O) groups is 2. The third-order valence-electron chi connectivity index (χ3n) is 9.47. The molecule has 0 aromatic heterocycles. The fraction of sp³-hybridized carbons (Fsp3) is 0.909. The van der Waals surface area contributed by atoms with E-state index in [-0.39, 0.29) is 17.8 Å². The van der Waals surface area contributed by atoms with Crippen LogP contribution in [0.1, 0.15) is 78.1 Å². The Labute approximate surface area is 157 Å². The van der Waals surface area contributed by atoms with Gasteiger partial charge in [0.15, 0.2) is 0 Å². The maximum absolute atomic E-state index is 12.0. The second-order valence-corrected chi connectivity index (χ2v) is 10.2. The number of rotatable bonds is 2. The first-order chi connectivity index (χ1) is 12.2. The van der Waals surface area contributed by atoms with Gasteiger partial charge in [-0.05, 0) is 79.4 Å². The minimum Gasteiger partial charge on any atom is -0.469 e. The molecular formula is C22H34O4. The molecule has 0 aromatic carbocycles. The number of esters is 1. The van der Waals surface area contributed by atoms with Crippen molar-refractivity contribution in [1.82, 2.24) is 0 Å². The summed E-state index contributed by atoms with van der Waals surface area (Å²) in [6.07, 6.45) is 8.91. The van der Waals surface area contributed by atoms with Crippen LogP contribution in [-0.4, -0.2) is 29.6 Å². The minimum absolute atomic E-state index is 0.127. The summed E-state index contributed by atoms with van der Waals surface area (Å²) in [6, 6.07) is 0. The normalized spacial score (nSPS) is 50.5. The van der Waals surface area contributed by atoms with Gasteiger partial charge in [0.25, 0.3) is 0 Å². The molecule has 0 radical (unpaired) electrons. The fourth-order valence-electron chi connectivity index (χ4n) is 7.76. The monoisotopic (exact) mass is 362 g/mol. The highest BCUT2D eigenvalue weighted by molar-refractivity contribution is 5.79. The minimum atomic E-state index is -0.921. The van der Waals surface area contributed by atoms with Crippen LogP contribution in [0.5, 0.6) is 0 Å². The van der Waals surface area contributed by atoms with Gasteiger partial charge in [-0.15, -0.1) is 0 Å². The zero-order chi connectivity index (χ0) is 18.7. The van der Waals surface area contributed by atoms with Crippen molar-refractivity contribution in [3.05, 3.63) is 0 Å². The van der Waals surface area contributed by atoms with Gasteiger partial charge in [0.05, 0.1) is 19.1 Å². The highest BCUT2D eigenvalue weighted by Gasteiger charge is 2.64. The molecule has 4 aliphatic rings. The molecule has 1 N–H and O–H groups in total. The third kappa shape index (κ3) is 2.43. The van der Waals surface area contributed by atoms with Gasteiger partial charge >= 0.3 is 5.97 Å². The smallest absolute Gasteiger partial charge is 0.308 e. The second-order valence-electron chi connectivity index (χ2n) is 10.2. The molecule has 0 aliphatic heterocycles. The standard InChI is InChI=1S/C22H34O4/c1-20-9-6-15(23)12-14(20)4-5-16-17(20)7-10-21(2)18(16)8-11-22(21,25)13-19(24)26-3/h14,16-18,25H,4-13H2,1-3H3/t14?,16-,17-,18+,20+,21+,22?/m1/s1. The lowest BCUT2D eigenvalue weighted by Gasteiger charge is -2.61. The van der Waals surface area contributed by atoms with Crippen molar-refractivity contribution >= 4 is 11.8 Å². The topological polar surface area (TPSA) is 63.6 Å². The Bertz CT molecular complexity index is 615. The molecule has 2 unspecified atom stereocenters. The van der Waals surface area contributed by atoms with Crippen LogP contribution in [0.25, 0.3) is 0 Å². The van der Waals surface area contributed by atoms with Crippen LogP contribution in [0.15, 0.2) is 0 Å². The van der Waals surface area contributed by atoms with E-state index in [0.717, 1.165) is 44.9 Å². The van der Waals surface area contributed by atoms with Crippen LogP contribution in [0, 0.1) is 34.5 Å². The molecule has 4 saturated carbocycles. The van der Waals surface area contributed by atoms with E-state index in [0.29, 0.717) is 41.3 Å². The molecule has 4 aliphatic carbocycles. The molecule has 4 nitrogen and oxygen atoms in total. The van der Waals surface area contributed by atoms with E-state index < -0.39 is 5.60 Å². The Morgan fingerprint density at radius 1 is 1.12 bits per heavy atom. The summed E-state index contributed by atoms with van der Waals surface area (Å²) < 4.78 is 4.87. The molecule has 26 heavy (non-hydrogen) atoms. The zero-order valence-electron chi connectivity index (χ0n) is 16.6. The zero-order valence-corrected chi connectivity index (χ0v) is 16.6. The predicted molar refractivity (Wildman–Crippen MR) is 98.3 cm³/mol. The maximum atomic E-state index is 12.0.